The molecule has 1 unspecified atom stereocenters. The van der Waals surface area contributed by atoms with E-state index in [-0.39, 0.29) is 23.8 Å². The molecule has 2 heterocycles. The maximum absolute atomic E-state index is 13.4. The standard InChI is InChI=1S/C27H34ClN3O2/c1-19(2)15-26(32)31-18-22-6-4-3-5-21(22)16-25(31)27(33)29-24-11-13-30(14-12-24)17-20-7-9-23(28)10-8-20/h3-10,19,24-25H,11-18H2,1-2H3,(H,29,33). The quantitative estimate of drug-likeness (QED) is 0.684. The van der Waals surface area contributed by atoms with Crippen molar-refractivity contribution >= 4 is 23.4 Å². The molecule has 2 aliphatic rings. The van der Waals surface area contributed by atoms with Gasteiger partial charge in [0.05, 0.1) is 0 Å². The summed E-state index contributed by atoms with van der Waals surface area (Å²) in [4.78, 5) is 30.6. The summed E-state index contributed by atoms with van der Waals surface area (Å²) in [7, 11) is 0. The van der Waals surface area contributed by atoms with E-state index >= 15 is 0 Å². The zero-order valence-electron chi connectivity index (χ0n) is 19.6. The molecule has 1 fully saturated rings. The first-order chi connectivity index (χ1) is 15.9. The summed E-state index contributed by atoms with van der Waals surface area (Å²) in [6.07, 6.45) is 2.89. The van der Waals surface area contributed by atoms with Crippen LogP contribution < -0.4 is 5.32 Å². The number of likely N-dealkylation sites (tertiary alicyclic amines) is 1. The molecule has 0 aliphatic carbocycles. The number of benzene rings is 2. The van der Waals surface area contributed by atoms with Crippen molar-refractivity contribution in [3.8, 4) is 0 Å². The third-order valence-electron chi connectivity index (χ3n) is 6.71. The highest BCUT2D eigenvalue weighted by Gasteiger charge is 2.35. The summed E-state index contributed by atoms with van der Waals surface area (Å²) < 4.78 is 0. The molecule has 2 aromatic rings. The van der Waals surface area contributed by atoms with Gasteiger partial charge in [0.2, 0.25) is 11.8 Å². The predicted molar refractivity (Wildman–Crippen MR) is 132 cm³/mol. The molecule has 1 saturated heterocycles. The Balaban J connectivity index is 1.36. The molecule has 2 aromatic carbocycles. The van der Waals surface area contributed by atoms with Gasteiger partial charge in [-0.2, -0.15) is 0 Å². The van der Waals surface area contributed by atoms with E-state index in [2.05, 4.69) is 34.5 Å². The van der Waals surface area contributed by atoms with E-state index < -0.39 is 6.04 Å². The van der Waals surface area contributed by atoms with E-state index in [0.717, 1.165) is 43.1 Å². The van der Waals surface area contributed by atoms with Crippen LogP contribution in [-0.4, -0.2) is 46.8 Å². The molecular weight excluding hydrogens is 434 g/mol. The van der Waals surface area contributed by atoms with Gasteiger partial charge in [-0.05, 0) is 47.6 Å². The lowest BCUT2D eigenvalue weighted by molar-refractivity contribution is -0.142. The second kappa shape index (κ2) is 10.7. The lowest BCUT2D eigenvalue weighted by atomic mass is 9.92. The Bertz CT molecular complexity index is 968. The lowest BCUT2D eigenvalue weighted by Gasteiger charge is -2.38. The highest BCUT2D eigenvalue weighted by atomic mass is 35.5. The third-order valence-corrected chi connectivity index (χ3v) is 6.96. The molecule has 1 atom stereocenters. The summed E-state index contributed by atoms with van der Waals surface area (Å²) in [6, 6.07) is 15.9. The largest absolute Gasteiger partial charge is 0.351 e. The minimum atomic E-state index is -0.432. The Morgan fingerprint density at radius 2 is 1.70 bits per heavy atom. The van der Waals surface area contributed by atoms with Crippen LogP contribution in [-0.2, 0) is 29.1 Å². The van der Waals surface area contributed by atoms with Crippen molar-refractivity contribution in [1.82, 2.24) is 15.1 Å². The fourth-order valence-corrected chi connectivity index (χ4v) is 4.99. The maximum atomic E-state index is 13.4. The average Bonchev–Trinajstić information content (AvgIpc) is 2.80. The van der Waals surface area contributed by atoms with E-state index in [0.29, 0.717) is 19.4 Å². The van der Waals surface area contributed by atoms with Gasteiger partial charge in [0, 0.05) is 50.1 Å². The number of amides is 2. The third kappa shape index (κ3) is 6.15. The van der Waals surface area contributed by atoms with Crippen molar-refractivity contribution in [3.05, 3.63) is 70.2 Å². The SMILES string of the molecule is CC(C)CC(=O)N1Cc2ccccc2CC1C(=O)NC1CCN(Cc2ccc(Cl)cc2)CC1. The van der Waals surface area contributed by atoms with Crippen molar-refractivity contribution in [2.24, 2.45) is 5.92 Å². The predicted octanol–water partition coefficient (Wildman–Crippen LogP) is 4.42. The van der Waals surface area contributed by atoms with Crippen LogP contribution in [0.2, 0.25) is 5.02 Å². The highest BCUT2D eigenvalue weighted by Crippen LogP contribution is 2.25. The first kappa shape index (κ1) is 23.8. The summed E-state index contributed by atoms with van der Waals surface area (Å²) in [5.74, 6) is 0.318. The molecule has 2 amide bonds. The van der Waals surface area contributed by atoms with E-state index in [1.54, 1.807) is 4.90 Å². The minimum Gasteiger partial charge on any atom is -0.351 e. The van der Waals surface area contributed by atoms with Crippen molar-refractivity contribution < 1.29 is 9.59 Å². The molecule has 1 N–H and O–H groups in total. The molecule has 6 heteroatoms. The van der Waals surface area contributed by atoms with Gasteiger partial charge in [0.1, 0.15) is 6.04 Å². The smallest absolute Gasteiger partial charge is 0.243 e. The normalized spacial score (nSPS) is 19.4. The van der Waals surface area contributed by atoms with Gasteiger partial charge < -0.3 is 10.2 Å². The molecule has 33 heavy (non-hydrogen) atoms. The van der Waals surface area contributed by atoms with Crippen LogP contribution in [0.25, 0.3) is 0 Å². The van der Waals surface area contributed by atoms with Crippen LogP contribution >= 0.6 is 11.6 Å². The molecule has 0 saturated carbocycles. The molecule has 0 spiro atoms. The van der Waals surface area contributed by atoms with E-state index in [1.165, 1.54) is 11.1 Å². The molecule has 176 valence electrons. The number of carbonyl (C=O) groups is 2. The number of hydrogen-bond acceptors (Lipinski definition) is 3. The Hall–Kier alpha value is -2.37. The van der Waals surface area contributed by atoms with Gasteiger partial charge in [-0.25, -0.2) is 0 Å². The zero-order chi connectivity index (χ0) is 23.4. The highest BCUT2D eigenvalue weighted by molar-refractivity contribution is 6.30. The summed E-state index contributed by atoms with van der Waals surface area (Å²) in [6.45, 7) is 7.38. The fourth-order valence-electron chi connectivity index (χ4n) is 4.87. The van der Waals surface area contributed by atoms with E-state index in [4.69, 9.17) is 11.6 Å². The summed E-state index contributed by atoms with van der Waals surface area (Å²) >= 11 is 5.99. The number of carbonyl (C=O) groups excluding carboxylic acids is 2. The number of hydrogen-bond donors (Lipinski definition) is 1. The van der Waals surface area contributed by atoms with Gasteiger partial charge in [0.25, 0.3) is 0 Å². The van der Waals surface area contributed by atoms with E-state index in [1.807, 2.05) is 38.1 Å². The average molecular weight is 468 g/mol. The van der Waals surface area contributed by atoms with Crippen LogP contribution in [0.4, 0.5) is 0 Å². The van der Waals surface area contributed by atoms with Crippen molar-refractivity contribution in [1.29, 1.82) is 0 Å². The van der Waals surface area contributed by atoms with Crippen LogP contribution in [0.1, 0.15) is 49.8 Å². The topological polar surface area (TPSA) is 52.7 Å². The number of halogens is 1. The van der Waals surface area contributed by atoms with Gasteiger partial charge in [-0.3, -0.25) is 14.5 Å². The van der Waals surface area contributed by atoms with Crippen molar-refractivity contribution in [2.45, 2.75) is 64.7 Å². The second-order valence-corrected chi connectivity index (χ2v) is 10.2. The monoisotopic (exact) mass is 467 g/mol. The number of nitrogens with zero attached hydrogens (tertiary/aromatic N) is 2. The Morgan fingerprint density at radius 3 is 2.36 bits per heavy atom. The number of piperidine rings is 1. The van der Waals surface area contributed by atoms with Gasteiger partial charge >= 0.3 is 0 Å². The minimum absolute atomic E-state index is 0.0160. The summed E-state index contributed by atoms with van der Waals surface area (Å²) in [5.41, 5.74) is 3.57. The van der Waals surface area contributed by atoms with Crippen LogP contribution in [0, 0.1) is 5.92 Å². The molecule has 4 rings (SSSR count). The fraction of sp³-hybridized carbons (Fsp3) is 0.481. The summed E-state index contributed by atoms with van der Waals surface area (Å²) in [5, 5.41) is 4.03. The lowest BCUT2D eigenvalue weighted by Crippen LogP contribution is -2.55. The first-order valence-electron chi connectivity index (χ1n) is 12.0. The van der Waals surface area contributed by atoms with Crippen LogP contribution in [0.15, 0.2) is 48.5 Å². The number of nitrogens with one attached hydrogen (secondary N) is 1. The molecule has 0 radical (unpaired) electrons. The Labute approximate surface area is 202 Å². The number of rotatable bonds is 6. The molecule has 0 aromatic heterocycles. The van der Waals surface area contributed by atoms with Crippen molar-refractivity contribution in [2.75, 3.05) is 13.1 Å². The van der Waals surface area contributed by atoms with Gasteiger partial charge in [-0.1, -0.05) is 61.8 Å². The molecular formula is C27H34ClN3O2. The second-order valence-electron chi connectivity index (χ2n) is 9.79. The zero-order valence-corrected chi connectivity index (χ0v) is 20.4. The van der Waals surface area contributed by atoms with E-state index in [9.17, 15) is 9.59 Å². The molecule has 5 nitrogen and oxygen atoms in total. The van der Waals surface area contributed by atoms with Gasteiger partial charge in [-0.15, -0.1) is 0 Å². The van der Waals surface area contributed by atoms with Crippen LogP contribution in [0.3, 0.4) is 0 Å². The Morgan fingerprint density at radius 1 is 1.03 bits per heavy atom. The first-order valence-corrected chi connectivity index (χ1v) is 12.4. The maximum Gasteiger partial charge on any atom is 0.243 e. The van der Waals surface area contributed by atoms with Crippen molar-refractivity contribution in [3.63, 3.8) is 0 Å². The molecule has 0 bridgehead atoms. The Kier molecular flexibility index (Phi) is 7.71. The van der Waals surface area contributed by atoms with Crippen LogP contribution in [0.5, 0.6) is 0 Å². The van der Waals surface area contributed by atoms with Gasteiger partial charge in [0.15, 0.2) is 0 Å². The number of fused-ring (bicyclic) bond motifs is 1. The molecule has 2 aliphatic heterocycles.